The van der Waals surface area contributed by atoms with Crippen LogP contribution in [0.1, 0.15) is 24.0 Å². The van der Waals surface area contributed by atoms with E-state index in [2.05, 4.69) is 0 Å². The van der Waals surface area contributed by atoms with Crippen LogP contribution in [0.25, 0.3) is 6.08 Å². The van der Waals surface area contributed by atoms with Crippen LogP contribution in [0.3, 0.4) is 0 Å². The standard InChI is InChI=1S/C20H19NO3/c1-15-4-11-18(12-5-15)24-20(23)13-8-16-6-9-17(10-7-16)21-14-2-3-19(21)22/h4-13H,2-3,14H2,1H3/b13-8+. The second-order valence-electron chi connectivity index (χ2n) is 5.81. The third-order valence-corrected chi connectivity index (χ3v) is 3.93. The smallest absolute Gasteiger partial charge is 0.336 e. The fourth-order valence-electron chi connectivity index (χ4n) is 2.61. The molecule has 1 aliphatic rings. The molecule has 1 fully saturated rings. The van der Waals surface area contributed by atoms with E-state index in [0.717, 1.165) is 29.8 Å². The lowest BCUT2D eigenvalue weighted by molar-refractivity contribution is -0.128. The number of amides is 1. The van der Waals surface area contributed by atoms with Gasteiger partial charge in [0, 0.05) is 24.7 Å². The number of carbonyl (C=O) groups is 2. The van der Waals surface area contributed by atoms with Crippen molar-refractivity contribution in [2.45, 2.75) is 19.8 Å². The Hall–Kier alpha value is -2.88. The molecule has 0 bridgehead atoms. The monoisotopic (exact) mass is 321 g/mol. The molecule has 2 aromatic rings. The van der Waals surface area contributed by atoms with Crippen molar-refractivity contribution >= 4 is 23.6 Å². The molecule has 2 aromatic carbocycles. The van der Waals surface area contributed by atoms with Crippen molar-refractivity contribution in [2.24, 2.45) is 0 Å². The Kier molecular flexibility index (Phi) is 4.75. The predicted molar refractivity (Wildman–Crippen MR) is 93.9 cm³/mol. The lowest BCUT2D eigenvalue weighted by Crippen LogP contribution is -2.23. The average Bonchev–Trinajstić information content (AvgIpc) is 3.02. The SMILES string of the molecule is Cc1ccc(OC(=O)/C=C/c2ccc(N3CCCC3=O)cc2)cc1. The largest absolute Gasteiger partial charge is 0.423 e. The fraction of sp³-hybridized carbons (Fsp3) is 0.200. The number of anilines is 1. The highest BCUT2D eigenvalue weighted by Gasteiger charge is 2.21. The zero-order valence-corrected chi connectivity index (χ0v) is 13.6. The second kappa shape index (κ2) is 7.13. The van der Waals surface area contributed by atoms with E-state index in [4.69, 9.17) is 4.74 Å². The quantitative estimate of drug-likeness (QED) is 0.489. The van der Waals surface area contributed by atoms with Gasteiger partial charge in [0.25, 0.3) is 0 Å². The van der Waals surface area contributed by atoms with Gasteiger partial charge in [-0.3, -0.25) is 4.79 Å². The van der Waals surface area contributed by atoms with Gasteiger partial charge in [-0.05, 0) is 49.2 Å². The summed E-state index contributed by atoms with van der Waals surface area (Å²) in [5.41, 5.74) is 2.89. The van der Waals surface area contributed by atoms with Crippen LogP contribution >= 0.6 is 0 Å². The first-order valence-electron chi connectivity index (χ1n) is 7.99. The molecule has 0 saturated carbocycles. The third-order valence-electron chi connectivity index (χ3n) is 3.93. The summed E-state index contributed by atoms with van der Waals surface area (Å²) in [7, 11) is 0. The maximum absolute atomic E-state index is 11.8. The summed E-state index contributed by atoms with van der Waals surface area (Å²) < 4.78 is 5.23. The Balaban J connectivity index is 1.60. The van der Waals surface area contributed by atoms with Crippen LogP contribution in [0.5, 0.6) is 5.75 Å². The van der Waals surface area contributed by atoms with Crippen LogP contribution in [-0.2, 0) is 9.59 Å². The van der Waals surface area contributed by atoms with Gasteiger partial charge in [-0.25, -0.2) is 4.79 Å². The summed E-state index contributed by atoms with van der Waals surface area (Å²) in [6.07, 6.45) is 4.62. The maximum atomic E-state index is 11.8. The Morgan fingerprint density at radius 2 is 1.79 bits per heavy atom. The zero-order chi connectivity index (χ0) is 16.9. The lowest BCUT2D eigenvalue weighted by Gasteiger charge is -2.15. The van der Waals surface area contributed by atoms with E-state index in [1.807, 2.05) is 43.3 Å². The topological polar surface area (TPSA) is 46.6 Å². The van der Waals surface area contributed by atoms with Crippen molar-refractivity contribution in [1.82, 2.24) is 0 Å². The van der Waals surface area contributed by atoms with Crippen LogP contribution in [-0.4, -0.2) is 18.4 Å². The normalized spacial score (nSPS) is 14.4. The highest BCUT2D eigenvalue weighted by molar-refractivity contribution is 5.95. The fourth-order valence-corrected chi connectivity index (χ4v) is 2.61. The van der Waals surface area contributed by atoms with E-state index in [1.54, 1.807) is 23.1 Å². The number of esters is 1. The Bertz CT molecular complexity index is 760. The third kappa shape index (κ3) is 3.90. The molecule has 0 atom stereocenters. The first-order chi connectivity index (χ1) is 11.6. The minimum Gasteiger partial charge on any atom is -0.423 e. The van der Waals surface area contributed by atoms with Gasteiger partial charge in [-0.1, -0.05) is 29.8 Å². The molecule has 3 rings (SSSR count). The Morgan fingerprint density at radius 1 is 1.08 bits per heavy atom. The van der Waals surface area contributed by atoms with Gasteiger partial charge in [-0.2, -0.15) is 0 Å². The summed E-state index contributed by atoms with van der Waals surface area (Å²) in [6.45, 7) is 2.75. The minimum atomic E-state index is -0.419. The lowest BCUT2D eigenvalue weighted by atomic mass is 10.2. The molecule has 4 nitrogen and oxygen atoms in total. The van der Waals surface area contributed by atoms with Crippen LogP contribution in [0.15, 0.2) is 54.6 Å². The van der Waals surface area contributed by atoms with Gasteiger partial charge in [0.1, 0.15) is 5.75 Å². The van der Waals surface area contributed by atoms with Crippen LogP contribution in [0.4, 0.5) is 5.69 Å². The van der Waals surface area contributed by atoms with E-state index < -0.39 is 5.97 Å². The molecule has 122 valence electrons. The molecule has 1 aliphatic heterocycles. The van der Waals surface area contributed by atoms with Crippen LogP contribution < -0.4 is 9.64 Å². The molecule has 0 spiro atoms. The number of hydrogen-bond donors (Lipinski definition) is 0. The zero-order valence-electron chi connectivity index (χ0n) is 13.6. The van der Waals surface area contributed by atoms with Crippen LogP contribution in [0, 0.1) is 6.92 Å². The number of nitrogens with zero attached hydrogens (tertiary/aromatic N) is 1. The molecule has 24 heavy (non-hydrogen) atoms. The number of carbonyl (C=O) groups excluding carboxylic acids is 2. The summed E-state index contributed by atoms with van der Waals surface area (Å²) in [6, 6.07) is 14.9. The minimum absolute atomic E-state index is 0.167. The van der Waals surface area contributed by atoms with Gasteiger partial charge in [0.2, 0.25) is 5.91 Å². The molecular weight excluding hydrogens is 302 g/mol. The van der Waals surface area contributed by atoms with Crippen molar-refractivity contribution < 1.29 is 14.3 Å². The van der Waals surface area contributed by atoms with Crippen molar-refractivity contribution in [2.75, 3.05) is 11.4 Å². The highest BCUT2D eigenvalue weighted by Crippen LogP contribution is 2.22. The predicted octanol–water partition coefficient (Wildman–Crippen LogP) is 3.74. The van der Waals surface area contributed by atoms with Crippen molar-refractivity contribution in [3.8, 4) is 5.75 Å². The van der Waals surface area contributed by atoms with Crippen molar-refractivity contribution in [3.63, 3.8) is 0 Å². The maximum Gasteiger partial charge on any atom is 0.336 e. The van der Waals surface area contributed by atoms with Gasteiger partial charge in [0.05, 0.1) is 0 Å². The number of benzene rings is 2. The molecule has 0 aliphatic carbocycles. The van der Waals surface area contributed by atoms with E-state index in [0.29, 0.717) is 12.2 Å². The highest BCUT2D eigenvalue weighted by atomic mass is 16.5. The molecule has 1 heterocycles. The molecule has 0 unspecified atom stereocenters. The first kappa shape index (κ1) is 16.0. The number of rotatable bonds is 4. The van der Waals surface area contributed by atoms with Gasteiger partial charge in [-0.15, -0.1) is 0 Å². The molecule has 1 saturated heterocycles. The molecule has 1 amide bonds. The molecular formula is C20H19NO3. The molecule has 0 N–H and O–H groups in total. The van der Waals surface area contributed by atoms with E-state index >= 15 is 0 Å². The van der Waals surface area contributed by atoms with E-state index in [-0.39, 0.29) is 5.91 Å². The van der Waals surface area contributed by atoms with Crippen LogP contribution in [0.2, 0.25) is 0 Å². The first-order valence-corrected chi connectivity index (χ1v) is 7.99. The van der Waals surface area contributed by atoms with E-state index in [9.17, 15) is 9.59 Å². The van der Waals surface area contributed by atoms with Crippen molar-refractivity contribution in [1.29, 1.82) is 0 Å². The number of ether oxygens (including phenoxy) is 1. The number of aryl methyl sites for hydroxylation is 1. The summed E-state index contributed by atoms with van der Waals surface area (Å²) in [5.74, 6) is 0.274. The summed E-state index contributed by atoms with van der Waals surface area (Å²) in [5, 5.41) is 0. The number of hydrogen-bond acceptors (Lipinski definition) is 3. The summed E-state index contributed by atoms with van der Waals surface area (Å²) >= 11 is 0. The van der Waals surface area contributed by atoms with Gasteiger partial charge < -0.3 is 9.64 Å². The molecule has 0 aromatic heterocycles. The summed E-state index contributed by atoms with van der Waals surface area (Å²) in [4.78, 5) is 25.3. The molecule has 0 radical (unpaired) electrons. The van der Waals surface area contributed by atoms with Gasteiger partial charge >= 0.3 is 5.97 Å². The van der Waals surface area contributed by atoms with E-state index in [1.165, 1.54) is 6.08 Å². The second-order valence-corrected chi connectivity index (χ2v) is 5.81. The Morgan fingerprint density at radius 3 is 2.42 bits per heavy atom. The van der Waals surface area contributed by atoms with Crippen molar-refractivity contribution in [3.05, 3.63) is 65.7 Å². The van der Waals surface area contributed by atoms with Gasteiger partial charge in [0.15, 0.2) is 0 Å². The molecule has 4 heteroatoms. The average molecular weight is 321 g/mol. The Labute approximate surface area is 141 Å².